The van der Waals surface area contributed by atoms with Gasteiger partial charge in [-0.1, -0.05) is 75.5 Å². The van der Waals surface area contributed by atoms with Crippen LogP contribution >= 0.6 is 31.9 Å². The lowest BCUT2D eigenvalue weighted by Gasteiger charge is -2.32. The number of carbonyl (C=O) groups is 2. The maximum atomic E-state index is 13.9. The average molecular weight is 679 g/mol. The number of carbonyl (C=O) groups excluding carboxylic acids is 2. The van der Waals surface area contributed by atoms with Crippen LogP contribution in [0.2, 0.25) is 0 Å². The van der Waals surface area contributed by atoms with E-state index in [0.717, 1.165) is 24.4 Å². The minimum Gasteiger partial charge on any atom is -0.354 e. The van der Waals surface area contributed by atoms with Crippen molar-refractivity contribution in [3.05, 3.63) is 92.9 Å². The number of hydrogen-bond donors (Lipinski definition) is 1. The SMILES string of the molecule is Cc1ccc(S(=O)(=O)N(CC(=O)N(Cc2cccc(Br)c2)[C@H](C)C(=O)NCC(C)C)c2ccc(Br)cc2)cc1. The number of nitrogens with one attached hydrogen (secondary N) is 1. The molecule has 0 aliphatic heterocycles. The molecule has 0 spiro atoms. The van der Waals surface area contributed by atoms with Crippen LogP contribution < -0.4 is 9.62 Å². The molecule has 3 aromatic rings. The molecule has 0 unspecified atom stereocenters. The van der Waals surface area contributed by atoms with Gasteiger partial charge in [-0.05, 0) is 73.9 Å². The summed E-state index contributed by atoms with van der Waals surface area (Å²) >= 11 is 6.84. The summed E-state index contributed by atoms with van der Waals surface area (Å²) < 4.78 is 30.4. The van der Waals surface area contributed by atoms with E-state index in [4.69, 9.17) is 0 Å². The number of hydrogen-bond acceptors (Lipinski definition) is 4. The van der Waals surface area contributed by atoms with Crippen LogP contribution in [0.25, 0.3) is 0 Å². The van der Waals surface area contributed by atoms with Gasteiger partial charge < -0.3 is 10.2 Å². The Bertz CT molecular complexity index is 1390. The largest absolute Gasteiger partial charge is 0.354 e. The topological polar surface area (TPSA) is 86.8 Å². The predicted octanol–water partition coefficient (Wildman–Crippen LogP) is 5.90. The molecule has 0 aliphatic carbocycles. The van der Waals surface area contributed by atoms with Crippen LogP contribution in [-0.2, 0) is 26.2 Å². The highest BCUT2D eigenvalue weighted by Gasteiger charge is 2.32. The number of rotatable bonds is 11. The molecule has 2 amide bonds. The number of benzene rings is 3. The Labute approximate surface area is 247 Å². The van der Waals surface area contributed by atoms with Crippen molar-refractivity contribution in [2.24, 2.45) is 5.92 Å². The Hall–Kier alpha value is -2.69. The fraction of sp³-hybridized carbons (Fsp3) is 0.310. The monoisotopic (exact) mass is 677 g/mol. The summed E-state index contributed by atoms with van der Waals surface area (Å²) in [5.74, 6) is -0.563. The van der Waals surface area contributed by atoms with Crippen LogP contribution in [0.15, 0.2) is 86.6 Å². The summed E-state index contributed by atoms with van der Waals surface area (Å²) in [6.45, 7) is 7.63. The molecule has 39 heavy (non-hydrogen) atoms. The van der Waals surface area contributed by atoms with Gasteiger partial charge >= 0.3 is 0 Å². The summed E-state index contributed by atoms with van der Waals surface area (Å²) in [5, 5.41) is 2.89. The van der Waals surface area contributed by atoms with Gasteiger partial charge in [0.05, 0.1) is 10.6 Å². The standard InChI is InChI=1S/C29H33Br2N3O4S/c1-20(2)17-32-29(36)22(4)33(18-23-6-5-7-25(31)16-23)28(35)19-34(26-12-10-24(30)11-13-26)39(37,38)27-14-8-21(3)9-15-27/h5-16,20,22H,17-19H2,1-4H3,(H,32,36)/t22-/m1/s1. The number of sulfonamides is 1. The van der Waals surface area contributed by atoms with Gasteiger partial charge in [0.25, 0.3) is 10.0 Å². The molecule has 0 radical (unpaired) electrons. The first-order chi connectivity index (χ1) is 18.4. The lowest BCUT2D eigenvalue weighted by atomic mass is 10.1. The summed E-state index contributed by atoms with van der Waals surface area (Å²) in [5.41, 5.74) is 2.06. The molecule has 3 aromatic carbocycles. The van der Waals surface area contributed by atoms with Crippen LogP contribution in [0.1, 0.15) is 31.9 Å². The minimum absolute atomic E-state index is 0.0742. The Balaban J connectivity index is 2.01. The van der Waals surface area contributed by atoms with E-state index in [0.29, 0.717) is 12.2 Å². The number of amides is 2. The zero-order valence-electron chi connectivity index (χ0n) is 22.4. The molecule has 1 N–H and O–H groups in total. The van der Waals surface area contributed by atoms with Crippen molar-refractivity contribution in [3.63, 3.8) is 0 Å². The summed E-state index contributed by atoms with van der Waals surface area (Å²) in [6, 6.07) is 19.8. The molecule has 0 aliphatic rings. The van der Waals surface area contributed by atoms with E-state index >= 15 is 0 Å². The molecule has 3 rings (SSSR count). The van der Waals surface area contributed by atoms with E-state index in [-0.39, 0.29) is 23.3 Å². The van der Waals surface area contributed by atoms with Gasteiger partial charge in [0.15, 0.2) is 0 Å². The van der Waals surface area contributed by atoms with Gasteiger partial charge in [-0.15, -0.1) is 0 Å². The van der Waals surface area contributed by atoms with Crippen molar-refractivity contribution in [2.75, 3.05) is 17.4 Å². The van der Waals surface area contributed by atoms with Gasteiger partial charge in [0.2, 0.25) is 11.8 Å². The normalized spacial score (nSPS) is 12.2. The fourth-order valence-electron chi connectivity index (χ4n) is 3.84. The second kappa shape index (κ2) is 13.6. The van der Waals surface area contributed by atoms with E-state index < -0.39 is 28.5 Å². The van der Waals surface area contributed by atoms with Crippen LogP contribution in [0.4, 0.5) is 5.69 Å². The Morgan fingerprint density at radius 1 is 0.897 bits per heavy atom. The van der Waals surface area contributed by atoms with Crippen molar-refractivity contribution < 1.29 is 18.0 Å². The average Bonchev–Trinajstić information content (AvgIpc) is 2.89. The third kappa shape index (κ3) is 8.40. The van der Waals surface area contributed by atoms with Crippen molar-refractivity contribution >= 4 is 59.4 Å². The van der Waals surface area contributed by atoms with Gasteiger partial charge in [-0.25, -0.2) is 8.42 Å². The summed E-state index contributed by atoms with van der Waals surface area (Å²) in [7, 11) is -4.10. The minimum atomic E-state index is -4.10. The van der Waals surface area contributed by atoms with Gasteiger partial charge in [0, 0.05) is 22.0 Å². The highest BCUT2D eigenvalue weighted by Crippen LogP contribution is 2.26. The van der Waals surface area contributed by atoms with Crippen molar-refractivity contribution in [1.82, 2.24) is 10.2 Å². The maximum Gasteiger partial charge on any atom is 0.264 e. The lowest BCUT2D eigenvalue weighted by molar-refractivity contribution is -0.139. The molecule has 7 nitrogen and oxygen atoms in total. The van der Waals surface area contributed by atoms with E-state index in [1.807, 2.05) is 45.0 Å². The van der Waals surface area contributed by atoms with Gasteiger partial charge in [-0.3, -0.25) is 13.9 Å². The van der Waals surface area contributed by atoms with E-state index in [2.05, 4.69) is 37.2 Å². The second-order valence-corrected chi connectivity index (χ2v) is 13.5. The lowest BCUT2D eigenvalue weighted by Crippen LogP contribution is -2.51. The molecule has 0 fully saturated rings. The number of nitrogens with zero attached hydrogens (tertiary/aromatic N) is 2. The first-order valence-corrected chi connectivity index (χ1v) is 15.6. The first-order valence-electron chi connectivity index (χ1n) is 12.5. The molecule has 208 valence electrons. The van der Waals surface area contributed by atoms with Crippen LogP contribution in [0.3, 0.4) is 0 Å². The predicted molar refractivity (Wildman–Crippen MR) is 162 cm³/mol. The number of aryl methyl sites for hydroxylation is 1. The zero-order valence-corrected chi connectivity index (χ0v) is 26.4. The van der Waals surface area contributed by atoms with E-state index in [1.165, 1.54) is 17.0 Å². The van der Waals surface area contributed by atoms with Crippen LogP contribution in [0.5, 0.6) is 0 Å². The quantitative estimate of drug-likeness (QED) is 0.274. The summed E-state index contributed by atoms with van der Waals surface area (Å²) in [6.07, 6.45) is 0. The van der Waals surface area contributed by atoms with Crippen LogP contribution in [0, 0.1) is 12.8 Å². The van der Waals surface area contributed by atoms with Crippen molar-refractivity contribution in [1.29, 1.82) is 0 Å². The fourth-order valence-corrected chi connectivity index (χ4v) is 5.97. The summed E-state index contributed by atoms with van der Waals surface area (Å²) in [4.78, 5) is 28.5. The molecule has 0 saturated heterocycles. The molecule has 1 atom stereocenters. The van der Waals surface area contributed by atoms with E-state index in [1.54, 1.807) is 43.3 Å². The smallest absolute Gasteiger partial charge is 0.264 e. The maximum absolute atomic E-state index is 13.9. The molecule has 0 aromatic heterocycles. The third-order valence-electron chi connectivity index (χ3n) is 6.10. The molecule has 0 saturated carbocycles. The van der Waals surface area contributed by atoms with Crippen molar-refractivity contribution in [3.8, 4) is 0 Å². The third-order valence-corrected chi connectivity index (χ3v) is 8.91. The highest BCUT2D eigenvalue weighted by molar-refractivity contribution is 9.10. The van der Waals surface area contributed by atoms with E-state index in [9.17, 15) is 18.0 Å². The molecular formula is C29H33Br2N3O4S. The van der Waals surface area contributed by atoms with Crippen molar-refractivity contribution in [2.45, 2.75) is 45.2 Å². The molecule has 0 bridgehead atoms. The Morgan fingerprint density at radius 3 is 2.13 bits per heavy atom. The van der Waals surface area contributed by atoms with Crippen LogP contribution in [-0.4, -0.2) is 44.3 Å². The number of halogens is 2. The zero-order chi connectivity index (χ0) is 28.7. The van der Waals surface area contributed by atoms with Gasteiger partial charge in [-0.2, -0.15) is 0 Å². The second-order valence-electron chi connectivity index (χ2n) is 9.77. The van der Waals surface area contributed by atoms with Gasteiger partial charge in [0.1, 0.15) is 12.6 Å². The molecular weight excluding hydrogens is 646 g/mol. The first kappa shape index (κ1) is 30.8. The Morgan fingerprint density at radius 2 is 1.54 bits per heavy atom. The molecule has 0 heterocycles. The highest BCUT2D eigenvalue weighted by atomic mass is 79.9. The Kier molecular flexibility index (Phi) is 10.7. The number of anilines is 1. The molecule has 10 heteroatoms.